The maximum atomic E-state index is 11.2. The minimum absolute atomic E-state index is 0.0106. The Hall–Kier alpha value is -2.76. The van der Waals surface area contributed by atoms with Gasteiger partial charge in [-0.15, -0.1) is 11.6 Å². The zero-order valence-corrected chi connectivity index (χ0v) is 27.6. The highest BCUT2D eigenvalue weighted by Gasteiger charge is 2.52. The Labute approximate surface area is 261 Å². The Balaban J connectivity index is 0.000000259. The second-order valence-electron chi connectivity index (χ2n) is 12.1. The van der Waals surface area contributed by atoms with E-state index in [9.17, 15) is 14.7 Å². The van der Waals surface area contributed by atoms with Crippen molar-refractivity contribution in [3.8, 4) is 11.5 Å². The van der Waals surface area contributed by atoms with Gasteiger partial charge < -0.3 is 39.1 Å². The van der Waals surface area contributed by atoms with Crippen molar-refractivity contribution in [3.05, 3.63) is 48.5 Å². The summed E-state index contributed by atoms with van der Waals surface area (Å²) in [6.45, 7) is 16.1. The average Bonchev–Trinajstić information content (AvgIpc) is 3.31. The highest BCUT2D eigenvalue weighted by atomic mass is 35.5. The smallest absolute Gasteiger partial charge is 0.494 e. The van der Waals surface area contributed by atoms with Crippen LogP contribution in [-0.2, 0) is 28.2 Å². The lowest BCUT2D eigenvalue weighted by atomic mass is 9.79. The molecule has 2 saturated heterocycles. The fraction of sp³-hybridized carbons (Fsp3) is 0.533. The molecule has 2 heterocycles. The van der Waals surface area contributed by atoms with Crippen molar-refractivity contribution in [1.82, 2.24) is 10.6 Å². The predicted molar refractivity (Wildman–Crippen MR) is 170 cm³/mol. The molecule has 0 saturated carbocycles. The molecule has 2 aliphatic rings. The Morgan fingerprint density at radius 2 is 1.16 bits per heavy atom. The normalized spacial score (nSPS) is 18.9. The molecule has 0 aliphatic carbocycles. The number of phenols is 1. The summed E-state index contributed by atoms with van der Waals surface area (Å²) in [5, 5.41) is 14.3. The van der Waals surface area contributed by atoms with Gasteiger partial charge in [0.05, 0.1) is 22.4 Å². The van der Waals surface area contributed by atoms with Crippen LogP contribution in [0.4, 0.5) is 0 Å². The molecule has 2 aromatic carbocycles. The van der Waals surface area contributed by atoms with E-state index in [0.717, 1.165) is 10.9 Å². The molecule has 2 aliphatic heterocycles. The van der Waals surface area contributed by atoms with Crippen LogP contribution < -0.4 is 26.3 Å². The van der Waals surface area contributed by atoms with Crippen molar-refractivity contribution in [2.24, 2.45) is 0 Å². The number of ether oxygens (including phenoxy) is 1. The maximum absolute atomic E-state index is 11.2. The van der Waals surface area contributed by atoms with Crippen molar-refractivity contribution < 1.29 is 38.0 Å². The molecule has 43 heavy (non-hydrogen) atoms. The van der Waals surface area contributed by atoms with Gasteiger partial charge >= 0.3 is 14.2 Å². The van der Waals surface area contributed by atoms with Crippen molar-refractivity contribution in [1.29, 1.82) is 0 Å². The summed E-state index contributed by atoms with van der Waals surface area (Å²) in [6.07, 6.45) is 0. The summed E-state index contributed by atoms with van der Waals surface area (Å²) in [7, 11) is 2.28. The maximum Gasteiger partial charge on any atom is 0.494 e. The van der Waals surface area contributed by atoms with E-state index in [4.69, 9.17) is 35.0 Å². The number of aromatic hydroxyl groups is 1. The Bertz CT molecular complexity index is 1200. The van der Waals surface area contributed by atoms with Crippen LogP contribution >= 0.6 is 11.6 Å². The van der Waals surface area contributed by atoms with Crippen LogP contribution in [0.2, 0.25) is 0 Å². The highest BCUT2D eigenvalue weighted by Crippen LogP contribution is 2.37. The van der Waals surface area contributed by atoms with Gasteiger partial charge in [-0.3, -0.25) is 9.59 Å². The number of nitrogens with one attached hydrogen (secondary N) is 2. The van der Waals surface area contributed by atoms with Crippen LogP contribution in [0.5, 0.6) is 11.5 Å². The van der Waals surface area contributed by atoms with Crippen LogP contribution in [0.3, 0.4) is 0 Å². The third-order valence-electron chi connectivity index (χ3n) is 7.83. The van der Waals surface area contributed by atoms with Crippen molar-refractivity contribution in [3.63, 3.8) is 0 Å². The topological polar surface area (TPSA) is 125 Å². The van der Waals surface area contributed by atoms with E-state index in [1.807, 2.05) is 79.7 Å². The van der Waals surface area contributed by atoms with Crippen molar-refractivity contribution >= 4 is 48.6 Å². The standard InChI is InChI=1S/C15H22BNO4.C12H17BO3.C3H6ClNO/c1-14(2)15(3,4)21-16(20-14)11-7-6-8-12(9-11)19-10-13(18)17-5;1-11(2)12(3,4)16-13(15-11)9-6-5-7-10(14)8-9;1-5-3(6)2-4/h6-9H,10H2,1-5H3,(H,17,18);5-8,14H,1-4H3;2H2,1H3,(H,5,6). The quantitative estimate of drug-likeness (QED) is 0.334. The van der Waals surface area contributed by atoms with Crippen LogP contribution in [0.25, 0.3) is 0 Å². The van der Waals surface area contributed by atoms with Gasteiger partial charge in [-0.1, -0.05) is 24.3 Å². The zero-order chi connectivity index (χ0) is 32.6. The van der Waals surface area contributed by atoms with Crippen LogP contribution in [0.15, 0.2) is 48.5 Å². The molecule has 0 bridgehead atoms. The molecular formula is C30H45B2ClN2O8. The number of likely N-dealkylation sites (N-methyl/N-ethyl adjacent to an activating group) is 1. The average molecular weight is 619 g/mol. The minimum Gasteiger partial charge on any atom is -0.508 e. The zero-order valence-electron chi connectivity index (χ0n) is 26.9. The molecule has 10 nitrogen and oxygen atoms in total. The van der Waals surface area contributed by atoms with Gasteiger partial charge in [0, 0.05) is 14.1 Å². The molecule has 0 unspecified atom stereocenters. The fourth-order valence-corrected chi connectivity index (χ4v) is 3.80. The first-order valence-electron chi connectivity index (χ1n) is 14.1. The van der Waals surface area contributed by atoms with Crippen LogP contribution in [0, 0.1) is 0 Å². The lowest BCUT2D eigenvalue weighted by Crippen LogP contribution is -2.41. The predicted octanol–water partition coefficient (Wildman–Crippen LogP) is 2.77. The summed E-state index contributed by atoms with van der Waals surface area (Å²) in [6, 6.07) is 14.4. The molecule has 4 rings (SSSR count). The number of carbonyl (C=O) groups is 2. The van der Waals surface area contributed by atoms with Gasteiger partial charge in [0.15, 0.2) is 6.61 Å². The number of benzene rings is 2. The SMILES string of the molecule is CC1(C)OB(c2cccc(O)c2)OC1(C)C.CNC(=O)CCl.CNC(=O)COc1cccc(B2OC(C)(C)C(C)(C)O2)c1. The van der Waals surface area contributed by atoms with Crippen LogP contribution in [0.1, 0.15) is 55.4 Å². The number of halogens is 1. The first-order valence-corrected chi connectivity index (χ1v) is 14.6. The lowest BCUT2D eigenvalue weighted by molar-refractivity contribution is -0.122. The molecule has 236 valence electrons. The number of rotatable bonds is 6. The van der Waals surface area contributed by atoms with Gasteiger partial charge in [-0.2, -0.15) is 0 Å². The van der Waals surface area contributed by atoms with E-state index in [2.05, 4.69) is 10.6 Å². The number of amides is 2. The lowest BCUT2D eigenvalue weighted by Gasteiger charge is -2.32. The Kier molecular flexibility index (Phi) is 12.5. The molecule has 3 N–H and O–H groups in total. The minimum atomic E-state index is -0.432. The fourth-order valence-electron chi connectivity index (χ4n) is 3.67. The first kappa shape index (κ1) is 36.4. The summed E-state index contributed by atoms with van der Waals surface area (Å²) < 4.78 is 29.2. The second-order valence-corrected chi connectivity index (χ2v) is 12.4. The number of hydrogen-bond donors (Lipinski definition) is 3. The Morgan fingerprint density at radius 3 is 1.53 bits per heavy atom. The molecule has 2 aromatic rings. The van der Waals surface area contributed by atoms with Crippen molar-refractivity contribution in [2.45, 2.75) is 77.8 Å². The van der Waals surface area contributed by atoms with Gasteiger partial charge in [-0.05, 0) is 90.6 Å². The summed E-state index contributed by atoms with van der Waals surface area (Å²) >= 11 is 5.04. The molecule has 0 atom stereocenters. The number of phenolic OH excluding ortho intramolecular Hbond substituents is 1. The van der Waals surface area contributed by atoms with Gasteiger partial charge in [0.25, 0.3) is 5.91 Å². The monoisotopic (exact) mass is 618 g/mol. The number of alkyl halides is 1. The highest BCUT2D eigenvalue weighted by molar-refractivity contribution is 6.62. The van der Waals surface area contributed by atoms with Gasteiger partial charge in [-0.25, -0.2) is 0 Å². The first-order chi connectivity index (χ1) is 19.9. The molecule has 2 fully saturated rings. The molecule has 0 spiro atoms. The molecule has 0 radical (unpaired) electrons. The van der Waals surface area contributed by atoms with E-state index in [0.29, 0.717) is 5.75 Å². The molecule has 0 aromatic heterocycles. The summed E-state index contributed by atoms with van der Waals surface area (Å²) in [5.74, 6) is 0.585. The summed E-state index contributed by atoms with van der Waals surface area (Å²) in [5.41, 5.74) is 0.279. The largest absolute Gasteiger partial charge is 0.508 e. The second kappa shape index (κ2) is 14.8. The third-order valence-corrected chi connectivity index (χ3v) is 8.07. The Morgan fingerprint density at radius 1 is 0.744 bits per heavy atom. The number of hydrogen-bond acceptors (Lipinski definition) is 8. The van der Waals surface area contributed by atoms with E-state index in [1.165, 1.54) is 0 Å². The van der Waals surface area contributed by atoms with Gasteiger partial charge in [0.1, 0.15) is 17.4 Å². The van der Waals surface area contributed by atoms with Gasteiger partial charge in [0.2, 0.25) is 5.91 Å². The molecular weight excluding hydrogens is 573 g/mol. The van der Waals surface area contributed by atoms with Crippen LogP contribution in [-0.4, -0.2) is 80.1 Å². The number of carbonyl (C=O) groups excluding carboxylic acids is 2. The molecule has 2 amide bonds. The summed E-state index contributed by atoms with van der Waals surface area (Å²) in [4.78, 5) is 21.1. The van der Waals surface area contributed by atoms with Crippen molar-refractivity contribution in [2.75, 3.05) is 26.6 Å². The van der Waals surface area contributed by atoms with E-state index >= 15 is 0 Å². The molecule has 13 heteroatoms. The third kappa shape index (κ3) is 9.87. The van der Waals surface area contributed by atoms with E-state index in [-0.39, 0.29) is 52.5 Å². The van der Waals surface area contributed by atoms with E-state index in [1.54, 1.807) is 38.4 Å². The van der Waals surface area contributed by atoms with E-state index < -0.39 is 14.2 Å².